The van der Waals surface area contributed by atoms with Crippen molar-refractivity contribution in [2.24, 2.45) is 5.92 Å². The normalized spacial score (nSPS) is 15.4. The van der Waals surface area contributed by atoms with Gasteiger partial charge in [0.25, 0.3) is 5.91 Å². The number of ether oxygens (including phenoxy) is 1. The summed E-state index contributed by atoms with van der Waals surface area (Å²) in [5.41, 5.74) is 3.52. The lowest BCUT2D eigenvalue weighted by molar-refractivity contribution is 0.0741. The molecular weight excluding hydrogens is 402 g/mol. The number of aromatic nitrogens is 2. The van der Waals surface area contributed by atoms with Crippen molar-refractivity contribution in [3.63, 3.8) is 0 Å². The van der Waals surface area contributed by atoms with Gasteiger partial charge in [-0.15, -0.1) is 0 Å². The van der Waals surface area contributed by atoms with Gasteiger partial charge in [-0.2, -0.15) is 5.10 Å². The molecule has 2 heterocycles. The Kier molecular flexibility index (Phi) is 6.49. The molecule has 0 aliphatic carbocycles. The predicted octanol–water partition coefficient (Wildman–Crippen LogP) is 5.55. The molecule has 2 N–H and O–H groups in total. The van der Waals surface area contributed by atoms with Crippen LogP contribution in [0.2, 0.25) is 0 Å². The number of fused-ring (bicyclic) bond motifs is 1. The number of aromatic hydroxyl groups is 1. The summed E-state index contributed by atoms with van der Waals surface area (Å²) in [7, 11) is 0. The fourth-order valence-corrected chi connectivity index (χ4v) is 4.17. The van der Waals surface area contributed by atoms with Gasteiger partial charge in [-0.3, -0.25) is 9.89 Å². The van der Waals surface area contributed by atoms with E-state index in [0.29, 0.717) is 36.0 Å². The van der Waals surface area contributed by atoms with Crippen LogP contribution in [-0.2, 0) is 0 Å². The van der Waals surface area contributed by atoms with Gasteiger partial charge < -0.3 is 14.7 Å². The van der Waals surface area contributed by atoms with Crippen LogP contribution in [0.3, 0.4) is 0 Å². The second kappa shape index (κ2) is 9.47. The number of carbonyl (C=O) groups excluding carboxylic acids is 1. The van der Waals surface area contributed by atoms with E-state index in [1.807, 2.05) is 41.3 Å². The smallest absolute Gasteiger partial charge is 0.273 e. The highest BCUT2D eigenvalue weighted by molar-refractivity contribution is 6.00. The maximum atomic E-state index is 13.3. The van der Waals surface area contributed by atoms with Crippen LogP contribution in [0.25, 0.3) is 11.3 Å². The van der Waals surface area contributed by atoms with Gasteiger partial charge in [0.15, 0.2) is 0 Å². The van der Waals surface area contributed by atoms with E-state index in [9.17, 15) is 9.90 Å². The molecule has 0 bridgehead atoms. The number of nitrogens with one attached hydrogen (secondary N) is 1. The van der Waals surface area contributed by atoms with Gasteiger partial charge in [0.05, 0.1) is 12.6 Å². The van der Waals surface area contributed by atoms with Crippen LogP contribution < -0.4 is 4.74 Å². The van der Waals surface area contributed by atoms with Crippen LogP contribution >= 0.6 is 0 Å². The number of H-pyrrole nitrogens is 1. The van der Waals surface area contributed by atoms with Crippen LogP contribution in [0.4, 0.5) is 0 Å². The van der Waals surface area contributed by atoms with E-state index in [0.717, 1.165) is 36.1 Å². The predicted molar refractivity (Wildman–Crippen MR) is 125 cm³/mol. The average molecular weight is 434 g/mol. The van der Waals surface area contributed by atoms with E-state index in [2.05, 4.69) is 31.0 Å². The standard InChI is InChI=1S/C26H31N3O3/c1-4-5-14-29-25(18-9-8-10-19(16-18)32-15-13-17(2)3)22-23(27-28-24(22)26(29)31)20-11-6-7-12-21(20)30/h6-12,16-17,25,30H,4-5,13-15H2,1-3H3,(H,27,28). The van der Waals surface area contributed by atoms with Crippen LogP contribution in [0.15, 0.2) is 48.5 Å². The first kappa shape index (κ1) is 21.9. The maximum absolute atomic E-state index is 13.3. The highest BCUT2D eigenvalue weighted by Crippen LogP contribution is 2.44. The number of carbonyl (C=O) groups is 1. The van der Waals surface area contributed by atoms with Crippen molar-refractivity contribution in [3.05, 3.63) is 65.4 Å². The second-order valence-electron chi connectivity index (χ2n) is 8.74. The monoisotopic (exact) mass is 433 g/mol. The zero-order valence-electron chi connectivity index (χ0n) is 19.0. The Morgan fingerprint density at radius 2 is 2.00 bits per heavy atom. The summed E-state index contributed by atoms with van der Waals surface area (Å²) in [5, 5.41) is 17.8. The molecule has 1 aromatic heterocycles. The summed E-state index contributed by atoms with van der Waals surface area (Å²) in [4.78, 5) is 15.2. The number of aromatic amines is 1. The Labute approximate surface area is 189 Å². The molecule has 0 spiro atoms. The van der Waals surface area contributed by atoms with E-state index >= 15 is 0 Å². The molecule has 32 heavy (non-hydrogen) atoms. The largest absolute Gasteiger partial charge is 0.507 e. The van der Waals surface area contributed by atoms with Crippen LogP contribution in [0.1, 0.15) is 67.7 Å². The number of benzene rings is 2. The number of phenolic OH excluding ortho intramolecular Hbond substituents is 1. The third kappa shape index (κ3) is 4.22. The Morgan fingerprint density at radius 1 is 1.19 bits per heavy atom. The first-order valence-electron chi connectivity index (χ1n) is 11.4. The first-order chi connectivity index (χ1) is 15.5. The fourth-order valence-electron chi connectivity index (χ4n) is 4.17. The van der Waals surface area contributed by atoms with Gasteiger partial charge in [0.2, 0.25) is 0 Å². The van der Waals surface area contributed by atoms with Crippen molar-refractivity contribution >= 4 is 5.91 Å². The molecule has 1 unspecified atom stereocenters. The molecule has 3 aromatic rings. The number of hydrogen-bond acceptors (Lipinski definition) is 4. The zero-order valence-corrected chi connectivity index (χ0v) is 19.0. The van der Waals surface area contributed by atoms with Gasteiger partial charge in [0.1, 0.15) is 22.9 Å². The SMILES string of the molecule is CCCCN1C(=O)c2[nH]nc(-c3ccccc3O)c2C1c1cccc(OCCC(C)C)c1. The molecule has 0 radical (unpaired) electrons. The average Bonchev–Trinajstić information content (AvgIpc) is 3.31. The highest BCUT2D eigenvalue weighted by atomic mass is 16.5. The van der Waals surface area contributed by atoms with Crippen molar-refractivity contribution in [2.45, 2.75) is 46.1 Å². The topological polar surface area (TPSA) is 78.5 Å². The molecule has 1 aliphatic rings. The second-order valence-corrected chi connectivity index (χ2v) is 8.74. The van der Waals surface area contributed by atoms with Crippen molar-refractivity contribution in [1.82, 2.24) is 15.1 Å². The summed E-state index contributed by atoms with van der Waals surface area (Å²) in [5.74, 6) is 1.46. The lowest BCUT2D eigenvalue weighted by atomic mass is 9.95. The minimum absolute atomic E-state index is 0.0567. The fraction of sp³-hybridized carbons (Fsp3) is 0.385. The Bertz CT molecular complexity index is 1090. The third-order valence-electron chi connectivity index (χ3n) is 5.91. The van der Waals surface area contributed by atoms with E-state index in [4.69, 9.17) is 4.74 Å². The summed E-state index contributed by atoms with van der Waals surface area (Å²) >= 11 is 0. The molecule has 1 atom stereocenters. The summed E-state index contributed by atoms with van der Waals surface area (Å²) < 4.78 is 6.00. The first-order valence-corrected chi connectivity index (χ1v) is 11.4. The molecule has 4 rings (SSSR count). The van der Waals surface area contributed by atoms with Crippen molar-refractivity contribution in [2.75, 3.05) is 13.2 Å². The summed E-state index contributed by atoms with van der Waals surface area (Å²) in [6, 6.07) is 14.8. The molecule has 168 valence electrons. The minimum atomic E-state index is -0.286. The number of rotatable bonds is 9. The molecule has 6 heteroatoms. The number of hydrogen-bond donors (Lipinski definition) is 2. The van der Waals surface area contributed by atoms with Crippen molar-refractivity contribution < 1.29 is 14.6 Å². The number of unbranched alkanes of at least 4 members (excludes halogenated alkanes) is 1. The Morgan fingerprint density at radius 3 is 2.75 bits per heavy atom. The van der Waals surface area contributed by atoms with E-state index in [1.54, 1.807) is 12.1 Å². The highest BCUT2D eigenvalue weighted by Gasteiger charge is 2.42. The van der Waals surface area contributed by atoms with Crippen LogP contribution in [0.5, 0.6) is 11.5 Å². The van der Waals surface area contributed by atoms with Gasteiger partial charge in [0, 0.05) is 17.7 Å². The van der Waals surface area contributed by atoms with Gasteiger partial charge in [-0.25, -0.2) is 0 Å². The van der Waals surface area contributed by atoms with Crippen molar-refractivity contribution in [3.8, 4) is 22.8 Å². The minimum Gasteiger partial charge on any atom is -0.507 e. The number of amides is 1. The lowest BCUT2D eigenvalue weighted by Crippen LogP contribution is -2.30. The molecule has 0 saturated heterocycles. The summed E-state index contributed by atoms with van der Waals surface area (Å²) in [6.07, 6.45) is 2.89. The van der Waals surface area contributed by atoms with Crippen LogP contribution in [0, 0.1) is 5.92 Å². The molecule has 0 fully saturated rings. The molecule has 6 nitrogen and oxygen atoms in total. The Balaban J connectivity index is 1.76. The molecular formula is C26H31N3O3. The van der Waals surface area contributed by atoms with E-state index in [1.165, 1.54) is 0 Å². The third-order valence-corrected chi connectivity index (χ3v) is 5.91. The van der Waals surface area contributed by atoms with Gasteiger partial charge >= 0.3 is 0 Å². The molecule has 0 saturated carbocycles. The Hall–Kier alpha value is -3.28. The van der Waals surface area contributed by atoms with E-state index < -0.39 is 0 Å². The zero-order chi connectivity index (χ0) is 22.7. The van der Waals surface area contributed by atoms with Crippen LogP contribution in [-0.4, -0.2) is 39.3 Å². The quantitative estimate of drug-likeness (QED) is 0.464. The summed E-state index contributed by atoms with van der Waals surface area (Å²) in [6.45, 7) is 7.78. The van der Waals surface area contributed by atoms with Gasteiger partial charge in [-0.1, -0.05) is 51.5 Å². The van der Waals surface area contributed by atoms with E-state index in [-0.39, 0.29) is 17.7 Å². The number of phenols is 1. The lowest BCUT2D eigenvalue weighted by Gasteiger charge is -2.26. The molecule has 1 aliphatic heterocycles. The number of para-hydroxylation sites is 1. The number of nitrogens with zero attached hydrogens (tertiary/aromatic N) is 2. The molecule has 2 aromatic carbocycles. The molecule has 1 amide bonds. The van der Waals surface area contributed by atoms with Gasteiger partial charge in [-0.05, 0) is 48.6 Å². The van der Waals surface area contributed by atoms with Crippen molar-refractivity contribution in [1.29, 1.82) is 0 Å². The maximum Gasteiger partial charge on any atom is 0.273 e.